The third-order valence-electron chi connectivity index (χ3n) is 6.04. The van der Waals surface area contributed by atoms with Crippen molar-refractivity contribution in [3.05, 3.63) is 77.0 Å². The van der Waals surface area contributed by atoms with Crippen molar-refractivity contribution in [2.45, 2.75) is 12.5 Å². The Hall–Kier alpha value is -4.47. The predicted octanol–water partition coefficient (Wildman–Crippen LogP) is 2.96. The van der Waals surface area contributed by atoms with Gasteiger partial charge in [-0.25, -0.2) is 19.4 Å². The fraction of sp³-hybridized carbons (Fsp3) is 0.208. The number of rotatable bonds is 4. The van der Waals surface area contributed by atoms with Crippen LogP contribution in [0.25, 0.3) is 28.1 Å². The first-order chi connectivity index (χ1) is 16.5. The lowest BCUT2D eigenvalue weighted by Gasteiger charge is -2.13. The minimum Gasteiger partial charge on any atom is -0.465 e. The Balaban J connectivity index is 1.52. The molecule has 10 heteroatoms. The van der Waals surface area contributed by atoms with E-state index in [1.165, 1.54) is 12.0 Å². The lowest BCUT2D eigenvalue weighted by molar-refractivity contribution is 0.0600. The maximum Gasteiger partial charge on any atom is 0.407 e. The predicted molar refractivity (Wildman–Crippen MR) is 123 cm³/mol. The van der Waals surface area contributed by atoms with Crippen LogP contribution < -0.4 is 5.69 Å². The third kappa shape index (κ3) is 3.58. The Bertz CT molecular complexity index is 1440. The highest BCUT2D eigenvalue weighted by molar-refractivity contribution is 5.89. The summed E-state index contributed by atoms with van der Waals surface area (Å²) in [5.41, 5.74) is 3.36. The number of carbonyl (C=O) groups is 2. The maximum atomic E-state index is 13.5. The topological polar surface area (TPSA) is 120 Å². The molecular formula is C24H21N5O5. The van der Waals surface area contributed by atoms with Gasteiger partial charge in [0.15, 0.2) is 5.65 Å². The zero-order valence-corrected chi connectivity index (χ0v) is 18.3. The summed E-state index contributed by atoms with van der Waals surface area (Å²) in [6.45, 7) is 0.612. The van der Waals surface area contributed by atoms with Crippen molar-refractivity contribution in [2.24, 2.45) is 0 Å². The zero-order chi connectivity index (χ0) is 23.8. The summed E-state index contributed by atoms with van der Waals surface area (Å²) in [5, 5.41) is 9.31. The Labute approximate surface area is 193 Å². The molecule has 1 aliphatic rings. The fourth-order valence-corrected chi connectivity index (χ4v) is 4.34. The van der Waals surface area contributed by atoms with Crippen LogP contribution in [0.2, 0.25) is 0 Å². The van der Waals surface area contributed by atoms with Crippen molar-refractivity contribution in [1.29, 1.82) is 0 Å². The summed E-state index contributed by atoms with van der Waals surface area (Å²) in [5.74, 6) is -0.409. The molecule has 4 aromatic rings. The Morgan fingerprint density at radius 1 is 1.09 bits per heavy atom. The summed E-state index contributed by atoms with van der Waals surface area (Å²) in [6, 6.07) is 13.8. The molecule has 0 aliphatic carbocycles. The maximum absolute atomic E-state index is 13.5. The van der Waals surface area contributed by atoms with Gasteiger partial charge in [-0.1, -0.05) is 12.1 Å². The van der Waals surface area contributed by atoms with Crippen molar-refractivity contribution < 1.29 is 19.4 Å². The van der Waals surface area contributed by atoms with Gasteiger partial charge in [-0.05, 0) is 42.8 Å². The average molecular weight is 459 g/mol. The molecule has 1 aromatic carbocycles. The number of likely N-dealkylation sites (tertiary alicyclic amines) is 1. The molecule has 0 saturated carbocycles. The van der Waals surface area contributed by atoms with Gasteiger partial charge in [0, 0.05) is 24.8 Å². The quantitative estimate of drug-likeness (QED) is 0.466. The van der Waals surface area contributed by atoms with Gasteiger partial charge in [-0.3, -0.25) is 14.1 Å². The number of fused-ring (bicyclic) bond motifs is 1. The van der Waals surface area contributed by atoms with Crippen molar-refractivity contribution >= 4 is 23.2 Å². The Morgan fingerprint density at radius 2 is 1.88 bits per heavy atom. The van der Waals surface area contributed by atoms with Crippen LogP contribution in [-0.4, -0.2) is 61.4 Å². The number of methoxy groups -OCH3 is 1. The number of carbonyl (C=O) groups excluding carboxylic acids is 1. The molecule has 1 aliphatic heterocycles. The Morgan fingerprint density at radius 3 is 2.53 bits per heavy atom. The molecule has 0 unspecified atom stereocenters. The molecule has 0 bridgehead atoms. The molecular weight excluding hydrogens is 438 g/mol. The number of ether oxygens (including phenoxy) is 1. The first kappa shape index (κ1) is 21.4. The van der Waals surface area contributed by atoms with Crippen LogP contribution in [0.3, 0.4) is 0 Å². The van der Waals surface area contributed by atoms with Gasteiger partial charge in [0.1, 0.15) is 0 Å². The second-order valence-electron chi connectivity index (χ2n) is 7.98. The second-order valence-corrected chi connectivity index (χ2v) is 7.98. The van der Waals surface area contributed by atoms with Crippen LogP contribution in [0.1, 0.15) is 22.8 Å². The highest BCUT2D eigenvalue weighted by Gasteiger charge is 2.31. The normalized spacial score (nSPS) is 15.6. The minimum atomic E-state index is -0.994. The number of esters is 1. The number of amides is 1. The minimum absolute atomic E-state index is 0.240. The number of carboxylic acid groups (broad SMARTS) is 1. The van der Waals surface area contributed by atoms with Gasteiger partial charge in [-0.2, -0.15) is 0 Å². The van der Waals surface area contributed by atoms with Gasteiger partial charge in [-0.15, -0.1) is 0 Å². The first-order valence-corrected chi connectivity index (χ1v) is 10.7. The molecule has 1 amide bonds. The second kappa shape index (κ2) is 8.47. The molecule has 1 fully saturated rings. The molecule has 1 atom stereocenters. The van der Waals surface area contributed by atoms with E-state index in [9.17, 15) is 19.5 Å². The molecule has 1 saturated heterocycles. The summed E-state index contributed by atoms with van der Waals surface area (Å²) in [4.78, 5) is 46.7. The summed E-state index contributed by atoms with van der Waals surface area (Å²) < 4.78 is 7.85. The van der Waals surface area contributed by atoms with Crippen LogP contribution in [-0.2, 0) is 4.74 Å². The van der Waals surface area contributed by atoms with Gasteiger partial charge >= 0.3 is 17.8 Å². The summed E-state index contributed by atoms with van der Waals surface area (Å²) >= 11 is 0. The van der Waals surface area contributed by atoms with Crippen LogP contribution in [0.4, 0.5) is 4.79 Å². The molecule has 3 aromatic heterocycles. The summed E-state index contributed by atoms with van der Waals surface area (Å²) in [7, 11) is 1.33. The van der Waals surface area contributed by atoms with E-state index in [-0.39, 0.29) is 18.3 Å². The van der Waals surface area contributed by atoms with Crippen molar-refractivity contribution in [3.8, 4) is 16.9 Å². The molecule has 0 spiro atoms. The van der Waals surface area contributed by atoms with Gasteiger partial charge in [0.2, 0.25) is 0 Å². The standard InChI is InChI=1S/C24H21N5O5/c1-34-22(30)16-6-4-15(5-7-16)19-9-8-17(13-26-19)28-20-3-2-11-25-21(20)29(23(28)31)18-10-12-27(14-18)24(32)33/h2-9,11,13,18H,10,12,14H2,1H3,(H,32,33)/t18-/m1/s1. The van der Waals surface area contributed by atoms with Crippen LogP contribution in [0, 0.1) is 0 Å². The molecule has 172 valence electrons. The number of hydrogen-bond donors (Lipinski definition) is 1. The molecule has 4 heterocycles. The Kier molecular flexibility index (Phi) is 5.33. The molecule has 1 N–H and O–H groups in total. The van der Waals surface area contributed by atoms with Crippen LogP contribution in [0.15, 0.2) is 65.7 Å². The number of nitrogens with zero attached hydrogens (tertiary/aromatic N) is 5. The van der Waals surface area contributed by atoms with E-state index < -0.39 is 12.1 Å². The van der Waals surface area contributed by atoms with Gasteiger partial charge in [0.05, 0.1) is 41.8 Å². The number of benzene rings is 1. The van der Waals surface area contributed by atoms with Crippen LogP contribution >= 0.6 is 0 Å². The first-order valence-electron chi connectivity index (χ1n) is 10.7. The van der Waals surface area contributed by atoms with Gasteiger partial charge in [0.25, 0.3) is 0 Å². The van der Waals surface area contributed by atoms with Crippen molar-refractivity contribution in [3.63, 3.8) is 0 Å². The average Bonchev–Trinajstić information content (AvgIpc) is 3.46. The summed E-state index contributed by atoms with van der Waals surface area (Å²) in [6.07, 6.45) is 2.78. The lowest BCUT2D eigenvalue weighted by Crippen LogP contribution is -2.31. The number of pyridine rings is 2. The molecule has 5 rings (SSSR count). The third-order valence-corrected chi connectivity index (χ3v) is 6.04. The SMILES string of the molecule is COC(=O)c1ccc(-c2ccc(-n3c(=O)n([C@@H]4CCN(C(=O)O)C4)c4ncccc43)cn2)cc1. The van der Waals surface area contributed by atoms with Crippen molar-refractivity contribution in [2.75, 3.05) is 20.2 Å². The largest absolute Gasteiger partial charge is 0.465 e. The number of aromatic nitrogens is 4. The van der Waals surface area contributed by atoms with E-state index in [1.807, 2.05) is 6.07 Å². The van der Waals surface area contributed by atoms with E-state index in [2.05, 4.69) is 9.97 Å². The molecule has 10 nitrogen and oxygen atoms in total. The van der Waals surface area contributed by atoms with E-state index in [1.54, 1.807) is 64.0 Å². The van der Waals surface area contributed by atoms with E-state index in [4.69, 9.17) is 4.74 Å². The van der Waals surface area contributed by atoms with E-state index in [0.717, 1.165) is 5.56 Å². The van der Waals surface area contributed by atoms with Crippen LogP contribution in [0.5, 0.6) is 0 Å². The monoisotopic (exact) mass is 459 g/mol. The van der Waals surface area contributed by atoms with Gasteiger partial charge < -0.3 is 14.7 Å². The zero-order valence-electron chi connectivity index (χ0n) is 18.3. The highest BCUT2D eigenvalue weighted by atomic mass is 16.5. The molecule has 0 radical (unpaired) electrons. The lowest BCUT2D eigenvalue weighted by atomic mass is 10.1. The van der Waals surface area contributed by atoms with E-state index >= 15 is 0 Å². The van der Waals surface area contributed by atoms with E-state index in [0.29, 0.717) is 41.1 Å². The smallest absolute Gasteiger partial charge is 0.407 e. The number of imidazole rings is 1. The highest BCUT2D eigenvalue weighted by Crippen LogP contribution is 2.26. The molecule has 34 heavy (non-hydrogen) atoms. The van der Waals surface area contributed by atoms with Crippen molar-refractivity contribution in [1.82, 2.24) is 24.0 Å². The fourth-order valence-electron chi connectivity index (χ4n) is 4.34. The number of hydrogen-bond acceptors (Lipinski definition) is 6.